The molecule has 1 aliphatic carbocycles. The highest BCUT2D eigenvalue weighted by Gasteiger charge is 2.42. The van der Waals surface area contributed by atoms with E-state index in [1.807, 2.05) is 24.3 Å². The predicted molar refractivity (Wildman–Crippen MR) is 67.9 cm³/mol. The third kappa shape index (κ3) is 1.54. The second-order valence-electron chi connectivity index (χ2n) is 4.92. The number of Topliss-reactive ketones (excluding diaryl/α,β-unsaturated/α-hetero) is 1. The molecular formula is C15H16O3. The molecule has 3 nitrogen and oxygen atoms in total. The summed E-state index contributed by atoms with van der Waals surface area (Å²) in [4.78, 5) is 12.3. The summed E-state index contributed by atoms with van der Waals surface area (Å²) in [5, 5.41) is 0. The van der Waals surface area contributed by atoms with Crippen molar-refractivity contribution in [1.29, 1.82) is 0 Å². The summed E-state index contributed by atoms with van der Waals surface area (Å²) in [5.41, 5.74) is 0.650. The van der Waals surface area contributed by atoms with Gasteiger partial charge in [-0.25, -0.2) is 0 Å². The molecule has 1 aromatic rings. The molecule has 94 valence electrons. The molecule has 1 aromatic carbocycles. The lowest BCUT2D eigenvalue weighted by Crippen LogP contribution is -2.30. The van der Waals surface area contributed by atoms with Gasteiger partial charge in [-0.3, -0.25) is 4.79 Å². The molecule has 0 amide bonds. The molecule has 1 fully saturated rings. The summed E-state index contributed by atoms with van der Waals surface area (Å²) in [6.07, 6.45) is 5.07. The van der Waals surface area contributed by atoms with Crippen LogP contribution < -0.4 is 9.47 Å². The van der Waals surface area contributed by atoms with Crippen LogP contribution in [-0.2, 0) is 10.2 Å². The minimum absolute atomic E-state index is 0.265. The molecule has 3 rings (SSSR count). The number of fused-ring (bicyclic) bond motifs is 1. The smallest absolute Gasteiger partial charge is 0.231 e. The molecule has 1 atom stereocenters. The van der Waals surface area contributed by atoms with E-state index in [0.29, 0.717) is 18.6 Å². The Morgan fingerprint density at radius 3 is 2.89 bits per heavy atom. The van der Waals surface area contributed by atoms with Gasteiger partial charge in [0.1, 0.15) is 5.78 Å². The van der Waals surface area contributed by atoms with Crippen molar-refractivity contribution in [2.24, 2.45) is 0 Å². The van der Waals surface area contributed by atoms with E-state index in [1.54, 1.807) is 0 Å². The molecular weight excluding hydrogens is 228 g/mol. The number of hydrogen-bond donors (Lipinski definition) is 0. The van der Waals surface area contributed by atoms with E-state index >= 15 is 0 Å². The first-order valence-electron chi connectivity index (χ1n) is 6.30. The van der Waals surface area contributed by atoms with Crippen molar-refractivity contribution in [1.82, 2.24) is 0 Å². The standard InChI is InChI=1S/C15H16O3/c1-2-7-15(8-3-4-14(15)16)11-5-6-12-13(9-11)18-10-17-12/h2,5-6,9H,1,3-4,7-8,10H2/t15-/m1/s1. The highest BCUT2D eigenvalue weighted by atomic mass is 16.7. The van der Waals surface area contributed by atoms with E-state index in [1.165, 1.54) is 0 Å². The molecule has 2 aliphatic rings. The van der Waals surface area contributed by atoms with Gasteiger partial charge in [0, 0.05) is 6.42 Å². The summed E-state index contributed by atoms with van der Waals surface area (Å²) in [6, 6.07) is 5.84. The average molecular weight is 244 g/mol. The second kappa shape index (κ2) is 4.16. The van der Waals surface area contributed by atoms with Crippen LogP contribution in [0.1, 0.15) is 31.2 Å². The Labute approximate surface area is 106 Å². The van der Waals surface area contributed by atoms with Gasteiger partial charge in [0.15, 0.2) is 11.5 Å². The van der Waals surface area contributed by atoms with Gasteiger partial charge in [-0.2, -0.15) is 0 Å². The van der Waals surface area contributed by atoms with Gasteiger partial charge in [-0.05, 0) is 37.0 Å². The fraction of sp³-hybridized carbons (Fsp3) is 0.400. The summed E-state index contributed by atoms with van der Waals surface area (Å²) in [7, 11) is 0. The van der Waals surface area contributed by atoms with E-state index in [9.17, 15) is 4.79 Å². The third-order valence-electron chi connectivity index (χ3n) is 3.96. The molecule has 3 heteroatoms. The lowest BCUT2D eigenvalue weighted by atomic mass is 9.75. The van der Waals surface area contributed by atoms with E-state index in [0.717, 1.165) is 29.9 Å². The zero-order chi connectivity index (χ0) is 12.6. The van der Waals surface area contributed by atoms with Crippen molar-refractivity contribution in [3.8, 4) is 11.5 Å². The Bertz CT molecular complexity index is 506. The van der Waals surface area contributed by atoms with Crippen molar-refractivity contribution < 1.29 is 14.3 Å². The first-order chi connectivity index (χ1) is 8.76. The van der Waals surface area contributed by atoms with Gasteiger partial charge in [0.05, 0.1) is 5.41 Å². The van der Waals surface area contributed by atoms with Crippen molar-refractivity contribution in [2.75, 3.05) is 6.79 Å². The zero-order valence-electron chi connectivity index (χ0n) is 10.3. The number of hydrogen-bond acceptors (Lipinski definition) is 3. The monoisotopic (exact) mass is 244 g/mol. The molecule has 0 N–H and O–H groups in total. The number of carbonyl (C=O) groups is 1. The molecule has 1 heterocycles. The van der Waals surface area contributed by atoms with E-state index in [-0.39, 0.29) is 12.2 Å². The quantitative estimate of drug-likeness (QED) is 0.767. The van der Waals surface area contributed by atoms with Crippen molar-refractivity contribution in [2.45, 2.75) is 31.1 Å². The van der Waals surface area contributed by atoms with E-state index in [2.05, 4.69) is 6.58 Å². The second-order valence-corrected chi connectivity index (χ2v) is 4.92. The molecule has 1 saturated carbocycles. The summed E-state index contributed by atoms with van der Waals surface area (Å²) in [6.45, 7) is 4.06. The minimum Gasteiger partial charge on any atom is -0.454 e. The van der Waals surface area contributed by atoms with Crippen LogP contribution in [0.15, 0.2) is 30.9 Å². The van der Waals surface area contributed by atoms with Gasteiger partial charge in [-0.15, -0.1) is 6.58 Å². The lowest BCUT2D eigenvalue weighted by Gasteiger charge is -2.26. The van der Waals surface area contributed by atoms with Crippen LogP contribution in [0.3, 0.4) is 0 Å². The van der Waals surface area contributed by atoms with Crippen LogP contribution in [0.4, 0.5) is 0 Å². The van der Waals surface area contributed by atoms with Crippen LogP contribution in [0, 0.1) is 0 Å². The Balaban J connectivity index is 2.05. The normalized spacial score (nSPS) is 25.4. The van der Waals surface area contributed by atoms with Gasteiger partial charge in [0.2, 0.25) is 6.79 Å². The van der Waals surface area contributed by atoms with Crippen LogP contribution in [0.2, 0.25) is 0 Å². The van der Waals surface area contributed by atoms with Crippen molar-refractivity contribution in [3.05, 3.63) is 36.4 Å². The lowest BCUT2D eigenvalue weighted by molar-refractivity contribution is -0.122. The topological polar surface area (TPSA) is 35.5 Å². The van der Waals surface area contributed by atoms with Crippen molar-refractivity contribution in [3.63, 3.8) is 0 Å². The number of rotatable bonds is 3. The van der Waals surface area contributed by atoms with Gasteiger partial charge >= 0.3 is 0 Å². The fourth-order valence-electron chi connectivity index (χ4n) is 3.01. The Kier molecular flexibility index (Phi) is 2.62. The fourth-order valence-corrected chi connectivity index (χ4v) is 3.01. The van der Waals surface area contributed by atoms with E-state index < -0.39 is 0 Å². The number of benzene rings is 1. The molecule has 0 bridgehead atoms. The van der Waals surface area contributed by atoms with Gasteiger partial charge < -0.3 is 9.47 Å². The van der Waals surface area contributed by atoms with Crippen LogP contribution in [0.25, 0.3) is 0 Å². The molecule has 0 radical (unpaired) electrons. The highest BCUT2D eigenvalue weighted by molar-refractivity contribution is 5.92. The SMILES string of the molecule is C=CC[C@]1(c2ccc3c(c2)OCO3)CCCC1=O. The third-order valence-corrected chi connectivity index (χ3v) is 3.96. The maximum Gasteiger partial charge on any atom is 0.231 e. The van der Waals surface area contributed by atoms with E-state index in [4.69, 9.17) is 9.47 Å². The number of ether oxygens (including phenoxy) is 2. The summed E-state index contributed by atoms with van der Waals surface area (Å²) >= 11 is 0. The highest BCUT2D eigenvalue weighted by Crippen LogP contribution is 2.44. The number of carbonyl (C=O) groups excluding carboxylic acids is 1. The molecule has 18 heavy (non-hydrogen) atoms. The molecule has 1 aliphatic heterocycles. The van der Waals surface area contributed by atoms with Crippen molar-refractivity contribution >= 4 is 5.78 Å². The Hall–Kier alpha value is -1.77. The number of allylic oxidation sites excluding steroid dienone is 1. The predicted octanol–water partition coefficient (Wildman–Crippen LogP) is 2.98. The van der Waals surface area contributed by atoms with Gasteiger partial charge in [-0.1, -0.05) is 12.1 Å². The Morgan fingerprint density at radius 2 is 2.17 bits per heavy atom. The molecule has 0 spiro atoms. The number of ketones is 1. The first-order valence-corrected chi connectivity index (χ1v) is 6.30. The van der Waals surface area contributed by atoms with Crippen LogP contribution >= 0.6 is 0 Å². The van der Waals surface area contributed by atoms with Crippen LogP contribution in [0.5, 0.6) is 11.5 Å². The average Bonchev–Trinajstić information content (AvgIpc) is 2.97. The molecule has 0 saturated heterocycles. The van der Waals surface area contributed by atoms with Crippen LogP contribution in [-0.4, -0.2) is 12.6 Å². The summed E-state index contributed by atoms with van der Waals surface area (Å²) in [5.74, 6) is 1.83. The summed E-state index contributed by atoms with van der Waals surface area (Å²) < 4.78 is 10.7. The Morgan fingerprint density at radius 1 is 1.33 bits per heavy atom. The maximum atomic E-state index is 12.3. The molecule has 0 aromatic heterocycles. The maximum absolute atomic E-state index is 12.3. The zero-order valence-corrected chi connectivity index (χ0v) is 10.3. The molecule has 0 unspecified atom stereocenters. The van der Waals surface area contributed by atoms with Gasteiger partial charge in [0.25, 0.3) is 0 Å². The minimum atomic E-state index is -0.386. The first kappa shape index (κ1) is 11.3. The largest absolute Gasteiger partial charge is 0.454 e.